The number of amides is 3. The summed E-state index contributed by atoms with van der Waals surface area (Å²) in [6, 6.07) is 0. The second-order valence-corrected chi connectivity index (χ2v) is 4.21. The van der Waals surface area contributed by atoms with E-state index in [0.29, 0.717) is 0 Å². The lowest BCUT2D eigenvalue weighted by Gasteiger charge is -2.49. The Morgan fingerprint density at radius 3 is 0.708 bits per heavy atom. The molecule has 24 heavy (non-hydrogen) atoms. The van der Waals surface area contributed by atoms with Crippen molar-refractivity contribution in [2.45, 2.75) is 18.5 Å². The predicted molar refractivity (Wildman–Crippen MR) is 63.9 cm³/mol. The molecule has 132 valence electrons. The van der Waals surface area contributed by atoms with Crippen molar-refractivity contribution in [2.24, 2.45) is 0 Å². The molecule has 0 aliphatic carbocycles. The Bertz CT molecular complexity index is 480. The van der Waals surface area contributed by atoms with Crippen molar-refractivity contribution in [1.82, 2.24) is 14.7 Å². The summed E-state index contributed by atoms with van der Waals surface area (Å²) in [7, 11) is 0. The maximum Gasteiger partial charge on any atom is 0.411 e. The highest BCUT2D eigenvalue weighted by molar-refractivity contribution is 5.93. The standard InChI is InChI=1S/C9H9N3O12/c13-4(14)1-10(7(19)20)2(5(15)16)12(9(23)24)3(6(17)18)11(1)8(21)22/h1-3H,(H,13,14)(H,15,16)(H,17,18)(H,19,20)(H,21,22)(H,23,24). The van der Waals surface area contributed by atoms with Crippen molar-refractivity contribution in [2.75, 3.05) is 0 Å². The van der Waals surface area contributed by atoms with Crippen molar-refractivity contribution in [3.8, 4) is 0 Å². The normalized spacial score (nSPS) is 23.5. The Kier molecular flexibility index (Phi) is 4.68. The lowest BCUT2D eigenvalue weighted by atomic mass is 10.2. The zero-order chi connectivity index (χ0) is 18.9. The first kappa shape index (κ1) is 18.3. The van der Waals surface area contributed by atoms with Crippen LogP contribution in [0.1, 0.15) is 0 Å². The molecule has 1 rings (SSSR count). The molecule has 0 saturated carbocycles. The minimum atomic E-state index is -2.81. The molecule has 1 saturated heterocycles. The summed E-state index contributed by atoms with van der Waals surface area (Å²) in [6.07, 6.45) is -15.3. The molecule has 0 spiro atoms. The number of nitrogens with zero attached hydrogens (tertiary/aromatic N) is 3. The molecule has 6 N–H and O–H groups in total. The lowest BCUT2D eigenvalue weighted by Crippen LogP contribution is -2.78. The Balaban J connectivity index is 3.77. The smallest absolute Gasteiger partial charge is 0.411 e. The maximum atomic E-state index is 11.2. The Morgan fingerprint density at radius 1 is 0.458 bits per heavy atom. The van der Waals surface area contributed by atoms with Crippen LogP contribution in [0.5, 0.6) is 0 Å². The summed E-state index contributed by atoms with van der Waals surface area (Å²) < 4.78 is 0. The van der Waals surface area contributed by atoms with Gasteiger partial charge in [0, 0.05) is 0 Å². The summed E-state index contributed by atoms with van der Waals surface area (Å²) in [5.74, 6) is -6.66. The van der Waals surface area contributed by atoms with Crippen LogP contribution in [-0.4, -0.2) is 100 Å². The molecule has 1 heterocycles. The topological polar surface area (TPSA) is 234 Å². The van der Waals surface area contributed by atoms with Gasteiger partial charge in [-0.1, -0.05) is 0 Å². The highest BCUT2D eigenvalue weighted by Crippen LogP contribution is 2.28. The third-order valence-corrected chi connectivity index (χ3v) is 2.91. The number of carboxylic acid groups (broad SMARTS) is 6. The fraction of sp³-hybridized carbons (Fsp3) is 0.333. The summed E-state index contributed by atoms with van der Waals surface area (Å²) >= 11 is 0. The van der Waals surface area contributed by atoms with E-state index >= 15 is 0 Å². The molecule has 0 radical (unpaired) electrons. The average molecular weight is 351 g/mol. The SMILES string of the molecule is O=C(O)C1N(C(=O)O)C(C(=O)O)N(C(=O)O)C(C(=O)O)N1C(=O)O. The van der Waals surface area contributed by atoms with Gasteiger partial charge in [-0.25, -0.2) is 43.5 Å². The van der Waals surface area contributed by atoms with Gasteiger partial charge in [0.2, 0.25) is 18.5 Å². The van der Waals surface area contributed by atoms with E-state index in [1.54, 1.807) is 0 Å². The van der Waals surface area contributed by atoms with Gasteiger partial charge in [-0.3, -0.25) is 0 Å². The zero-order valence-corrected chi connectivity index (χ0v) is 11.2. The van der Waals surface area contributed by atoms with Gasteiger partial charge < -0.3 is 30.6 Å². The van der Waals surface area contributed by atoms with Crippen molar-refractivity contribution < 1.29 is 59.4 Å². The Hall–Kier alpha value is -3.78. The van der Waals surface area contributed by atoms with Crippen LogP contribution in [0, 0.1) is 0 Å². The number of carboxylic acids is 3. The number of hydrogen-bond acceptors (Lipinski definition) is 6. The highest BCUT2D eigenvalue weighted by Gasteiger charge is 2.60. The van der Waals surface area contributed by atoms with Gasteiger partial charge in [0.15, 0.2) is 0 Å². The van der Waals surface area contributed by atoms with Crippen LogP contribution in [0.15, 0.2) is 0 Å². The quantitative estimate of drug-likeness (QED) is 0.329. The summed E-state index contributed by atoms with van der Waals surface area (Å²) in [5, 5.41) is 54.2. The molecule has 3 amide bonds. The molecule has 1 aliphatic heterocycles. The van der Waals surface area contributed by atoms with Crippen LogP contribution in [0.3, 0.4) is 0 Å². The summed E-state index contributed by atoms with van der Waals surface area (Å²) in [5.41, 5.74) is 0. The predicted octanol–water partition coefficient (Wildman–Crippen LogP) is -1.83. The number of hydrogen-bond donors (Lipinski definition) is 6. The van der Waals surface area contributed by atoms with Crippen LogP contribution in [-0.2, 0) is 14.4 Å². The van der Waals surface area contributed by atoms with Crippen molar-refractivity contribution >= 4 is 36.2 Å². The summed E-state index contributed by atoms with van der Waals surface area (Å²) in [6.45, 7) is 0. The fourth-order valence-corrected chi connectivity index (χ4v) is 2.14. The molecule has 0 aromatic carbocycles. The second kappa shape index (κ2) is 6.15. The van der Waals surface area contributed by atoms with E-state index in [1.165, 1.54) is 0 Å². The molecule has 0 unspecified atom stereocenters. The molecule has 0 aromatic heterocycles. The van der Waals surface area contributed by atoms with Crippen LogP contribution in [0.25, 0.3) is 0 Å². The van der Waals surface area contributed by atoms with Crippen molar-refractivity contribution in [3.63, 3.8) is 0 Å². The second-order valence-electron chi connectivity index (χ2n) is 4.21. The zero-order valence-electron chi connectivity index (χ0n) is 11.2. The van der Waals surface area contributed by atoms with Gasteiger partial charge in [0.05, 0.1) is 0 Å². The van der Waals surface area contributed by atoms with E-state index < -0.39 is 69.4 Å². The average Bonchev–Trinajstić information content (AvgIpc) is 2.42. The number of aliphatic carboxylic acids is 3. The van der Waals surface area contributed by atoms with Crippen molar-refractivity contribution in [1.29, 1.82) is 0 Å². The molecule has 0 aromatic rings. The number of rotatable bonds is 3. The monoisotopic (exact) mass is 351 g/mol. The molecule has 15 nitrogen and oxygen atoms in total. The van der Waals surface area contributed by atoms with Gasteiger partial charge in [-0.05, 0) is 0 Å². The third-order valence-electron chi connectivity index (χ3n) is 2.91. The maximum absolute atomic E-state index is 11.2. The first-order valence-corrected chi connectivity index (χ1v) is 5.65. The Labute approximate surface area is 130 Å². The minimum absolute atomic E-state index is 0.508. The molecule has 1 fully saturated rings. The minimum Gasteiger partial charge on any atom is -0.478 e. The first-order valence-electron chi connectivity index (χ1n) is 5.65. The Morgan fingerprint density at radius 2 is 0.625 bits per heavy atom. The first-order chi connectivity index (χ1) is 10.9. The lowest BCUT2D eigenvalue weighted by molar-refractivity contribution is -0.192. The summed E-state index contributed by atoms with van der Waals surface area (Å²) in [4.78, 5) is 65.8. The molecular weight excluding hydrogens is 342 g/mol. The third kappa shape index (κ3) is 2.76. The van der Waals surface area contributed by atoms with E-state index in [9.17, 15) is 28.8 Å². The van der Waals surface area contributed by atoms with Crippen LogP contribution in [0.4, 0.5) is 14.4 Å². The molecule has 0 bridgehead atoms. The van der Waals surface area contributed by atoms with E-state index in [-0.39, 0.29) is 0 Å². The van der Waals surface area contributed by atoms with Crippen LogP contribution in [0.2, 0.25) is 0 Å². The molecule has 0 atom stereocenters. The van der Waals surface area contributed by atoms with E-state index in [1.807, 2.05) is 0 Å². The van der Waals surface area contributed by atoms with Crippen LogP contribution < -0.4 is 0 Å². The van der Waals surface area contributed by atoms with Gasteiger partial charge in [-0.15, -0.1) is 0 Å². The van der Waals surface area contributed by atoms with Crippen LogP contribution >= 0.6 is 0 Å². The van der Waals surface area contributed by atoms with Crippen molar-refractivity contribution in [3.05, 3.63) is 0 Å². The molecule has 1 aliphatic rings. The molecule has 15 heteroatoms. The van der Waals surface area contributed by atoms with Gasteiger partial charge in [0.1, 0.15) is 0 Å². The number of carbonyl (C=O) groups is 6. The fourth-order valence-electron chi connectivity index (χ4n) is 2.14. The highest BCUT2D eigenvalue weighted by atomic mass is 16.4. The van der Waals surface area contributed by atoms with Gasteiger partial charge >= 0.3 is 36.2 Å². The van der Waals surface area contributed by atoms with Gasteiger partial charge in [-0.2, -0.15) is 0 Å². The molecular formula is C9H9N3O12. The van der Waals surface area contributed by atoms with E-state index in [2.05, 4.69) is 0 Å². The van der Waals surface area contributed by atoms with E-state index in [4.69, 9.17) is 30.6 Å². The van der Waals surface area contributed by atoms with Gasteiger partial charge in [0.25, 0.3) is 0 Å². The van der Waals surface area contributed by atoms with E-state index in [0.717, 1.165) is 0 Å². The largest absolute Gasteiger partial charge is 0.478 e.